The van der Waals surface area contributed by atoms with Crippen LogP contribution in [0.2, 0.25) is 0 Å². The number of epoxide rings is 1. The van der Waals surface area contributed by atoms with Gasteiger partial charge in [0.15, 0.2) is 0 Å². The van der Waals surface area contributed by atoms with Crippen molar-refractivity contribution in [3.8, 4) is 0 Å². The maximum Gasteiger partial charge on any atom is 0.235 e. The molecule has 7 nitrogen and oxygen atoms in total. The quantitative estimate of drug-likeness (QED) is 0.262. The predicted octanol–water partition coefficient (Wildman–Crippen LogP) is 4.26. The van der Waals surface area contributed by atoms with Gasteiger partial charge in [0.25, 0.3) is 0 Å². The molecule has 0 unspecified atom stereocenters. The van der Waals surface area contributed by atoms with Crippen LogP contribution in [0.1, 0.15) is 52.5 Å². The monoisotopic (exact) mass is 528 g/mol. The number of aromatic nitrogens is 1. The summed E-state index contributed by atoms with van der Waals surface area (Å²) in [6, 6.07) is 7.79. The number of ketones is 3. The number of nitrogens with one attached hydrogen (secondary N) is 2. The number of para-hydroxylation sites is 1. The van der Waals surface area contributed by atoms with E-state index in [9.17, 15) is 19.2 Å². The smallest absolute Gasteiger partial charge is 0.235 e. The van der Waals surface area contributed by atoms with Gasteiger partial charge >= 0.3 is 0 Å². The lowest BCUT2D eigenvalue weighted by molar-refractivity contribution is -0.149. The molecule has 2 aliphatic carbocycles. The maximum atomic E-state index is 14.3. The van der Waals surface area contributed by atoms with Crippen LogP contribution < -0.4 is 5.32 Å². The number of rotatable bonds is 2. The molecular weight excluding hydrogens is 492 g/mol. The summed E-state index contributed by atoms with van der Waals surface area (Å²) in [6.07, 6.45) is 8.46. The first-order valence-electron chi connectivity index (χ1n) is 14.1. The molecule has 0 radical (unpaired) electrons. The van der Waals surface area contributed by atoms with Gasteiger partial charge in [0, 0.05) is 47.8 Å². The second-order valence-electron chi connectivity index (χ2n) is 12.2. The molecule has 0 bridgehead atoms. The fourth-order valence-corrected chi connectivity index (χ4v) is 7.84. The Labute approximate surface area is 228 Å². The summed E-state index contributed by atoms with van der Waals surface area (Å²) in [5.74, 6) is -2.47. The van der Waals surface area contributed by atoms with Crippen LogP contribution in [0.4, 0.5) is 0 Å². The van der Waals surface area contributed by atoms with Crippen LogP contribution in [0, 0.1) is 29.1 Å². The van der Waals surface area contributed by atoms with Crippen LogP contribution in [0.25, 0.3) is 10.9 Å². The Morgan fingerprint density at radius 1 is 1.08 bits per heavy atom. The Bertz CT molecular complexity index is 1450. The van der Waals surface area contributed by atoms with Crippen molar-refractivity contribution in [1.29, 1.82) is 0 Å². The lowest BCUT2D eigenvalue weighted by Crippen LogP contribution is -2.58. The molecule has 204 valence electrons. The molecule has 1 aromatic heterocycles. The van der Waals surface area contributed by atoms with E-state index in [1.165, 1.54) is 0 Å². The average molecular weight is 529 g/mol. The van der Waals surface area contributed by atoms with Crippen LogP contribution in [0.5, 0.6) is 0 Å². The van der Waals surface area contributed by atoms with E-state index in [-0.39, 0.29) is 54.4 Å². The number of hydrogen-bond donors (Lipinski definition) is 2. The zero-order valence-corrected chi connectivity index (χ0v) is 23.0. The average Bonchev–Trinajstić information content (AvgIpc) is 3.31. The molecule has 3 heterocycles. The first-order valence-corrected chi connectivity index (χ1v) is 14.1. The van der Waals surface area contributed by atoms with E-state index >= 15 is 0 Å². The van der Waals surface area contributed by atoms with Crippen molar-refractivity contribution in [2.45, 2.75) is 71.1 Å². The second-order valence-corrected chi connectivity index (χ2v) is 12.2. The van der Waals surface area contributed by atoms with Crippen molar-refractivity contribution in [3.63, 3.8) is 0 Å². The van der Waals surface area contributed by atoms with Crippen LogP contribution in [0.3, 0.4) is 0 Å². The summed E-state index contributed by atoms with van der Waals surface area (Å²) in [6.45, 7) is 7.83. The Morgan fingerprint density at radius 3 is 2.64 bits per heavy atom. The highest BCUT2D eigenvalue weighted by Gasteiger charge is 2.78. The van der Waals surface area contributed by atoms with Gasteiger partial charge in [-0.25, -0.2) is 0 Å². The first-order chi connectivity index (χ1) is 18.6. The molecule has 1 amide bonds. The number of carbonyl (C=O) groups excluding carboxylic acids is 4. The molecule has 7 heteroatoms. The van der Waals surface area contributed by atoms with Crippen molar-refractivity contribution in [2.24, 2.45) is 29.1 Å². The van der Waals surface area contributed by atoms with Crippen LogP contribution in [-0.4, -0.2) is 46.0 Å². The molecular formula is C32H36N2O5. The highest BCUT2D eigenvalue weighted by atomic mass is 16.6. The molecule has 8 atom stereocenters. The summed E-state index contributed by atoms with van der Waals surface area (Å²) in [5, 5.41) is 4.34. The number of aromatic amines is 1. The second kappa shape index (κ2) is 9.12. The highest BCUT2D eigenvalue weighted by Crippen LogP contribution is 2.66. The SMILES string of the molecule is C/C1=C/[C@@H](C)C/C=C\[C@H]2[C@@H]3O[C@]3(C)[C@@H](C)[C@H]3[C@H](Cc4c[nH]c5ccccc45)NC(=O)[C@]32C(=O)CCC(=O)C1=O. The zero-order valence-electron chi connectivity index (χ0n) is 23.0. The zero-order chi connectivity index (χ0) is 27.7. The third-order valence-corrected chi connectivity index (χ3v) is 9.99. The van der Waals surface area contributed by atoms with Crippen LogP contribution in [0.15, 0.2) is 54.3 Å². The van der Waals surface area contributed by atoms with E-state index in [4.69, 9.17) is 4.74 Å². The van der Waals surface area contributed by atoms with Crippen molar-refractivity contribution >= 4 is 34.2 Å². The Hall–Kier alpha value is -3.32. The minimum atomic E-state index is -1.35. The Morgan fingerprint density at radius 2 is 1.85 bits per heavy atom. The van der Waals surface area contributed by atoms with E-state index in [1.54, 1.807) is 6.92 Å². The van der Waals surface area contributed by atoms with Gasteiger partial charge in [0.05, 0.1) is 11.7 Å². The van der Waals surface area contributed by atoms with Gasteiger partial charge in [-0.15, -0.1) is 0 Å². The Balaban J connectivity index is 1.44. The summed E-state index contributed by atoms with van der Waals surface area (Å²) < 4.78 is 6.34. The third kappa shape index (κ3) is 3.80. The van der Waals surface area contributed by atoms with Gasteiger partial charge in [-0.05, 0) is 55.7 Å². The van der Waals surface area contributed by atoms with Gasteiger partial charge < -0.3 is 15.0 Å². The largest absolute Gasteiger partial charge is 0.365 e. The highest BCUT2D eigenvalue weighted by molar-refractivity contribution is 6.43. The van der Waals surface area contributed by atoms with Crippen LogP contribution in [-0.2, 0) is 30.3 Å². The number of ether oxygens (including phenoxy) is 1. The van der Waals surface area contributed by atoms with Crippen molar-refractivity contribution in [2.75, 3.05) is 0 Å². The normalized spacial score (nSPS) is 40.8. The van der Waals surface area contributed by atoms with Crippen molar-refractivity contribution < 1.29 is 23.9 Å². The lowest BCUT2D eigenvalue weighted by atomic mass is 9.51. The van der Waals surface area contributed by atoms with E-state index in [2.05, 4.69) is 30.2 Å². The summed E-state index contributed by atoms with van der Waals surface area (Å²) in [4.78, 5) is 57.3. The van der Waals surface area contributed by atoms with Gasteiger partial charge in [0.2, 0.25) is 17.5 Å². The molecule has 1 spiro atoms. The van der Waals surface area contributed by atoms with Gasteiger partial charge in [-0.2, -0.15) is 0 Å². The van der Waals surface area contributed by atoms with Gasteiger partial charge in [0.1, 0.15) is 11.2 Å². The number of allylic oxidation sites excluding steroid dienone is 3. The number of Topliss-reactive ketones (excluding diaryl/α,β-unsaturated/α-hetero) is 3. The minimum absolute atomic E-state index is 0.0299. The summed E-state index contributed by atoms with van der Waals surface area (Å²) in [7, 11) is 0. The number of benzene rings is 1. The molecule has 39 heavy (non-hydrogen) atoms. The fraction of sp³-hybridized carbons (Fsp3) is 0.500. The molecule has 6 rings (SSSR count). The molecule has 2 aromatic rings. The summed E-state index contributed by atoms with van der Waals surface area (Å²) in [5.41, 5.74) is 0.739. The van der Waals surface area contributed by atoms with E-state index < -0.39 is 28.5 Å². The molecule has 3 fully saturated rings. The molecule has 2 saturated heterocycles. The van der Waals surface area contributed by atoms with Gasteiger partial charge in [-0.1, -0.05) is 50.3 Å². The lowest BCUT2D eigenvalue weighted by Gasteiger charge is -2.46. The molecule has 1 aromatic carbocycles. The molecule has 4 aliphatic rings. The number of amides is 1. The summed E-state index contributed by atoms with van der Waals surface area (Å²) >= 11 is 0. The van der Waals surface area contributed by atoms with Crippen molar-refractivity contribution in [1.82, 2.24) is 10.3 Å². The predicted molar refractivity (Wildman–Crippen MR) is 147 cm³/mol. The first kappa shape index (κ1) is 25.9. The topological polar surface area (TPSA) is 109 Å². The number of carbonyl (C=O) groups is 4. The van der Waals surface area contributed by atoms with E-state index in [0.29, 0.717) is 18.4 Å². The van der Waals surface area contributed by atoms with E-state index in [1.807, 2.05) is 49.5 Å². The number of H-pyrrole nitrogens is 1. The van der Waals surface area contributed by atoms with Gasteiger partial charge in [-0.3, -0.25) is 19.2 Å². The standard InChI is InChI=1S/C32H36N2O5/c1-17-8-7-10-22-29-31(4,39-29)19(3)27-24(15-20-16-33-23-11-6-5-9-21(20)23)34-30(38)32(22,27)26(36)13-12-25(35)28(37)18(2)14-17/h5-7,9-11,14,16-17,19,22,24,27,29,33H,8,12-13,15H2,1-4H3,(H,34,38)/b10-7-,18-14-/t17-,19-,22-,24-,27-,29-,31+,32+/m0/s1. The minimum Gasteiger partial charge on any atom is -0.365 e. The maximum absolute atomic E-state index is 14.3. The molecule has 2 aliphatic heterocycles. The van der Waals surface area contributed by atoms with Crippen molar-refractivity contribution in [3.05, 3.63) is 59.8 Å². The number of hydrogen-bond acceptors (Lipinski definition) is 5. The molecule has 2 N–H and O–H groups in total. The molecule has 1 saturated carbocycles. The van der Waals surface area contributed by atoms with E-state index in [0.717, 1.165) is 16.5 Å². The number of fused-ring (bicyclic) bond motifs is 3. The Kier molecular flexibility index (Phi) is 6.06. The third-order valence-electron chi connectivity index (χ3n) is 9.99. The fourth-order valence-electron chi connectivity index (χ4n) is 7.84. The van der Waals surface area contributed by atoms with Crippen LogP contribution >= 0.6 is 0 Å².